The first-order valence-electron chi connectivity index (χ1n) is 8.51. The molecular weight excluding hydrogens is 350 g/mol. The predicted octanol–water partition coefficient (Wildman–Crippen LogP) is 2.81. The number of rotatable bonds is 4. The summed E-state index contributed by atoms with van der Waals surface area (Å²) in [7, 11) is 0. The monoisotopic (exact) mass is 372 g/mol. The maximum absolute atomic E-state index is 13.2. The van der Waals surface area contributed by atoms with Crippen LogP contribution in [0.2, 0.25) is 0 Å². The van der Waals surface area contributed by atoms with Crippen LogP contribution >= 0.6 is 12.4 Å². The number of amides is 1. The Balaban J connectivity index is 0.00000225. The minimum atomic E-state index is -1.04. The van der Waals surface area contributed by atoms with Gasteiger partial charge in [-0.05, 0) is 56.0 Å². The van der Waals surface area contributed by atoms with Crippen molar-refractivity contribution in [2.75, 3.05) is 26.2 Å². The molecule has 2 fully saturated rings. The third-order valence-electron chi connectivity index (χ3n) is 5.18. The Morgan fingerprint density at radius 3 is 2.28 bits per heavy atom. The number of carbonyl (C=O) groups is 2. The molecule has 7 heteroatoms. The van der Waals surface area contributed by atoms with Gasteiger partial charge in [0.1, 0.15) is 0 Å². The predicted molar refractivity (Wildman–Crippen MR) is 92.8 cm³/mol. The highest BCUT2D eigenvalue weighted by Gasteiger charge is 2.31. The van der Waals surface area contributed by atoms with Crippen molar-refractivity contribution in [1.82, 2.24) is 10.2 Å². The molecule has 2 aliphatic heterocycles. The van der Waals surface area contributed by atoms with E-state index in [1.807, 2.05) is 4.90 Å². The van der Waals surface area contributed by atoms with Crippen molar-refractivity contribution >= 4 is 24.1 Å². The number of benzene rings is 1. The fraction of sp³-hybridized carbons (Fsp3) is 0.556. The second-order valence-corrected chi connectivity index (χ2v) is 6.69. The first-order valence-corrected chi connectivity index (χ1v) is 8.51. The van der Waals surface area contributed by atoms with Gasteiger partial charge in [-0.2, -0.15) is 0 Å². The van der Waals surface area contributed by atoms with E-state index in [0.717, 1.165) is 51.2 Å². The van der Waals surface area contributed by atoms with E-state index < -0.39 is 11.6 Å². The molecule has 0 bridgehead atoms. The summed E-state index contributed by atoms with van der Waals surface area (Å²) in [5.41, 5.74) is 0.109. The molecule has 25 heavy (non-hydrogen) atoms. The van der Waals surface area contributed by atoms with Gasteiger partial charge in [0, 0.05) is 31.5 Å². The molecule has 2 atom stereocenters. The van der Waals surface area contributed by atoms with Crippen LogP contribution in [-0.2, 0) is 4.79 Å². The number of hydrogen-bond donors (Lipinski definition) is 1. The number of ketones is 1. The molecular formula is C18H23ClF2N2O2. The van der Waals surface area contributed by atoms with Crippen LogP contribution in [0.5, 0.6) is 0 Å². The summed E-state index contributed by atoms with van der Waals surface area (Å²) in [5, 5.41) is 3.40. The number of carbonyl (C=O) groups excluding carboxylic acids is 2. The smallest absolute Gasteiger partial charge is 0.223 e. The average Bonchev–Trinajstić information content (AvgIpc) is 2.93. The normalized spacial score (nSPS) is 22.7. The number of Topliss-reactive ketones (excluding diaryl/α,β-unsaturated/α-hetero) is 1. The Labute approximate surface area is 152 Å². The maximum atomic E-state index is 13.2. The van der Waals surface area contributed by atoms with E-state index in [1.165, 1.54) is 6.07 Å². The molecule has 1 N–H and O–H groups in total. The summed E-state index contributed by atoms with van der Waals surface area (Å²) in [5.74, 6) is -1.10. The Morgan fingerprint density at radius 2 is 1.68 bits per heavy atom. The number of likely N-dealkylation sites (tertiary alicyclic amines) is 1. The van der Waals surface area contributed by atoms with Crippen LogP contribution in [0.15, 0.2) is 18.2 Å². The number of nitrogens with zero attached hydrogens (tertiary/aromatic N) is 1. The molecule has 0 radical (unpaired) electrons. The largest absolute Gasteiger partial charge is 0.343 e. The molecule has 0 unspecified atom stereocenters. The van der Waals surface area contributed by atoms with Crippen molar-refractivity contribution in [1.29, 1.82) is 0 Å². The second kappa shape index (κ2) is 8.72. The van der Waals surface area contributed by atoms with E-state index in [2.05, 4.69) is 5.32 Å². The molecule has 1 aromatic carbocycles. The Bertz CT molecular complexity index is 628. The van der Waals surface area contributed by atoms with E-state index in [9.17, 15) is 18.4 Å². The zero-order valence-electron chi connectivity index (χ0n) is 14.0. The zero-order valence-corrected chi connectivity index (χ0v) is 14.8. The summed E-state index contributed by atoms with van der Waals surface area (Å²) in [6.07, 6.45) is 2.14. The van der Waals surface area contributed by atoms with Crippen molar-refractivity contribution < 1.29 is 18.4 Å². The van der Waals surface area contributed by atoms with Crippen LogP contribution in [0.3, 0.4) is 0 Å². The Hall–Kier alpha value is -1.53. The number of halogens is 3. The molecule has 0 spiro atoms. The fourth-order valence-corrected chi connectivity index (χ4v) is 3.66. The summed E-state index contributed by atoms with van der Waals surface area (Å²) in [4.78, 5) is 26.3. The molecule has 2 saturated heterocycles. The lowest BCUT2D eigenvalue weighted by Crippen LogP contribution is -2.32. The van der Waals surface area contributed by atoms with Crippen LogP contribution in [0.1, 0.15) is 36.0 Å². The standard InChI is InChI=1S/C18H22F2N2O2.ClH/c19-15-2-1-12(9-16(15)20)17(23)3-4-18(24)22-7-5-13-10-21-11-14(13)6-8-22;/h1-2,9,13-14,21H,3-8,10-11H2;1H/t13-,14+;. The lowest BCUT2D eigenvalue weighted by atomic mass is 9.92. The highest BCUT2D eigenvalue weighted by Crippen LogP contribution is 2.27. The van der Waals surface area contributed by atoms with Gasteiger partial charge >= 0.3 is 0 Å². The van der Waals surface area contributed by atoms with Crippen LogP contribution in [0.4, 0.5) is 8.78 Å². The lowest BCUT2D eigenvalue weighted by Gasteiger charge is -2.20. The molecule has 1 aromatic rings. The summed E-state index contributed by atoms with van der Waals surface area (Å²) in [6.45, 7) is 3.53. The molecule has 0 aromatic heterocycles. The van der Waals surface area contributed by atoms with Gasteiger partial charge in [0.2, 0.25) is 5.91 Å². The Morgan fingerprint density at radius 1 is 1.04 bits per heavy atom. The molecule has 2 heterocycles. The number of fused-ring (bicyclic) bond motifs is 1. The maximum Gasteiger partial charge on any atom is 0.223 e. The fourth-order valence-electron chi connectivity index (χ4n) is 3.66. The SMILES string of the molecule is Cl.O=C(CCC(=O)N1CC[C@@H]2CNC[C@@H]2CC1)c1ccc(F)c(F)c1. The lowest BCUT2D eigenvalue weighted by molar-refractivity contribution is -0.131. The summed E-state index contributed by atoms with van der Waals surface area (Å²) < 4.78 is 26.1. The summed E-state index contributed by atoms with van der Waals surface area (Å²) in [6, 6.07) is 3.08. The van der Waals surface area contributed by atoms with Crippen molar-refractivity contribution in [2.45, 2.75) is 25.7 Å². The van der Waals surface area contributed by atoms with E-state index in [-0.39, 0.29) is 42.5 Å². The van der Waals surface area contributed by atoms with E-state index >= 15 is 0 Å². The third-order valence-corrected chi connectivity index (χ3v) is 5.18. The molecule has 1 amide bonds. The molecule has 3 rings (SSSR count). The van der Waals surface area contributed by atoms with Gasteiger partial charge in [-0.3, -0.25) is 9.59 Å². The van der Waals surface area contributed by atoms with Gasteiger partial charge in [0.15, 0.2) is 17.4 Å². The molecule has 0 aliphatic carbocycles. The molecule has 2 aliphatic rings. The molecule has 138 valence electrons. The first-order chi connectivity index (χ1) is 11.5. The first kappa shape index (κ1) is 19.8. The topological polar surface area (TPSA) is 49.4 Å². The highest BCUT2D eigenvalue weighted by molar-refractivity contribution is 5.97. The third kappa shape index (κ3) is 4.76. The van der Waals surface area contributed by atoms with Crippen LogP contribution in [0, 0.1) is 23.5 Å². The van der Waals surface area contributed by atoms with Gasteiger partial charge in [0.05, 0.1) is 0 Å². The van der Waals surface area contributed by atoms with Crippen LogP contribution in [-0.4, -0.2) is 42.8 Å². The second-order valence-electron chi connectivity index (χ2n) is 6.69. The van der Waals surface area contributed by atoms with Crippen molar-refractivity contribution in [3.63, 3.8) is 0 Å². The Kier molecular flexibility index (Phi) is 6.90. The average molecular weight is 373 g/mol. The van der Waals surface area contributed by atoms with Crippen LogP contribution in [0.25, 0.3) is 0 Å². The van der Waals surface area contributed by atoms with Gasteiger partial charge in [-0.1, -0.05) is 0 Å². The quantitative estimate of drug-likeness (QED) is 0.827. The van der Waals surface area contributed by atoms with Gasteiger partial charge in [0.25, 0.3) is 0 Å². The minimum absolute atomic E-state index is 0. The van der Waals surface area contributed by atoms with E-state index in [4.69, 9.17) is 0 Å². The summed E-state index contributed by atoms with van der Waals surface area (Å²) >= 11 is 0. The minimum Gasteiger partial charge on any atom is -0.343 e. The zero-order chi connectivity index (χ0) is 17.1. The molecule has 4 nitrogen and oxygen atoms in total. The van der Waals surface area contributed by atoms with Crippen molar-refractivity contribution in [3.05, 3.63) is 35.4 Å². The number of hydrogen-bond acceptors (Lipinski definition) is 3. The van der Waals surface area contributed by atoms with Gasteiger partial charge in [-0.15, -0.1) is 12.4 Å². The van der Waals surface area contributed by atoms with Crippen molar-refractivity contribution in [2.24, 2.45) is 11.8 Å². The van der Waals surface area contributed by atoms with E-state index in [0.29, 0.717) is 11.8 Å². The highest BCUT2D eigenvalue weighted by atomic mass is 35.5. The van der Waals surface area contributed by atoms with Crippen LogP contribution < -0.4 is 5.32 Å². The van der Waals surface area contributed by atoms with E-state index in [1.54, 1.807) is 0 Å². The molecule has 0 saturated carbocycles. The van der Waals surface area contributed by atoms with Crippen molar-refractivity contribution in [3.8, 4) is 0 Å². The number of nitrogens with one attached hydrogen (secondary N) is 1. The van der Waals surface area contributed by atoms with Gasteiger partial charge < -0.3 is 10.2 Å². The van der Waals surface area contributed by atoms with Gasteiger partial charge in [-0.25, -0.2) is 8.78 Å².